The smallest absolute Gasteiger partial charge is 0.256 e. The summed E-state index contributed by atoms with van der Waals surface area (Å²) in [6.45, 7) is 0. The van der Waals surface area contributed by atoms with Crippen molar-refractivity contribution in [2.75, 3.05) is 19.4 Å². The van der Waals surface area contributed by atoms with Crippen molar-refractivity contribution in [2.45, 2.75) is 4.90 Å². The molecule has 0 aliphatic rings. The monoisotopic (exact) mass is 310 g/mol. The second-order valence-corrected chi connectivity index (χ2v) is 7.21. The number of carbonyl (C=O) groups is 1. The number of benzene rings is 1. The third kappa shape index (κ3) is 3.06. The average Bonchev–Trinajstić information content (AvgIpc) is 2.92. The molecule has 0 radical (unpaired) electrons. The molecule has 7 heteroatoms. The van der Waals surface area contributed by atoms with Gasteiger partial charge in [0.1, 0.15) is 0 Å². The quantitative estimate of drug-likeness (QED) is 0.942. The van der Waals surface area contributed by atoms with Crippen molar-refractivity contribution >= 4 is 33.0 Å². The Morgan fingerprint density at radius 2 is 2.00 bits per heavy atom. The number of thiophene rings is 1. The maximum absolute atomic E-state index is 12.0. The van der Waals surface area contributed by atoms with Crippen LogP contribution in [0.15, 0.2) is 46.0 Å². The maximum atomic E-state index is 12.0. The number of hydrogen-bond donors (Lipinski definition) is 1. The molecule has 0 saturated carbocycles. The molecule has 2 aromatic rings. The zero-order valence-electron chi connectivity index (χ0n) is 11.0. The van der Waals surface area contributed by atoms with Gasteiger partial charge in [-0.3, -0.25) is 4.79 Å². The van der Waals surface area contributed by atoms with Crippen LogP contribution in [0.4, 0.5) is 5.69 Å². The molecule has 0 aliphatic heterocycles. The Morgan fingerprint density at radius 1 is 1.25 bits per heavy atom. The van der Waals surface area contributed by atoms with Crippen LogP contribution in [0.3, 0.4) is 0 Å². The summed E-state index contributed by atoms with van der Waals surface area (Å²) < 4.78 is 25.2. The van der Waals surface area contributed by atoms with E-state index in [2.05, 4.69) is 5.32 Å². The van der Waals surface area contributed by atoms with Crippen LogP contribution in [0.5, 0.6) is 0 Å². The Morgan fingerprint density at radius 3 is 2.60 bits per heavy atom. The molecule has 20 heavy (non-hydrogen) atoms. The van der Waals surface area contributed by atoms with E-state index < -0.39 is 10.0 Å². The van der Waals surface area contributed by atoms with E-state index in [1.165, 1.54) is 37.6 Å². The fraction of sp³-hybridized carbons (Fsp3) is 0.154. The predicted molar refractivity (Wildman–Crippen MR) is 79.6 cm³/mol. The molecule has 106 valence electrons. The highest BCUT2D eigenvalue weighted by Crippen LogP contribution is 2.19. The van der Waals surface area contributed by atoms with Gasteiger partial charge in [-0.25, -0.2) is 12.7 Å². The number of amides is 1. The number of sulfonamides is 1. The van der Waals surface area contributed by atoms with E-state index in [1.807, 2.05) is 5.38 Å². The lowest BCUT2D eigenvalue weighted by atomic mass is 10.3. The van der Waals surface area contributed by atoms with Crippen LogP contribution in [-0.2, 0) is 10.0 Å². The topological polar surface area (TPSA) is 66.5 Å². The van der Waals surface area contributed by atoms with Gasteiger partial charge >= 0.3 is 0 Å². The lowest BCUT2D eigenvalue weighted by molar-refractivity contribution is 0.102. The molecule has 2 rings (SSSR count). The van der Waals surface area contributed by atoms with Crippen LogP contribution < -0.4 is 5.32 Å². The number of carbonyl (C=O) groups excluding carboxylic acids is 1. The van der Waals surface area contributed by atoms with Crippen molar-refractivity contribution in [1.29, 1.82) is 0 Å². The lowest BCUT2D eigenvalue weighted by Crippen LogP contribution is -2.22. The Balaban J connectivity index is 2.25. The minimum atomic E-state index is -3.50. The summed E-state index contributed by atoms with van der Waals surface area (Å²) in [5.74, 6) is -0.259. The molecule has 0 spiro atoms. The molecule has 0 unspecified atom stereocenters. The summed E-state index contributed by atoms with van der Waals surface area (Å²) in [6, 6.07) is 7.90. The average molecular weight is 310 g/mol. The lowest BCUT2D eigenvalue weighted by Gasteiger charge is -2.12. The van der Waals surface area contributed by atoms with Crippen LogP contribution >= 0.6 is 11.3 Å². The second-order valence-electron chi connectivity index (χ2n) is 4.28. The molecule has 0 saturated heterocycles. The van der Waals surface area contributed by atoms with E-state index in [9.17, 15) is 13.2 Å². The first-order valence-corrected chi connectivity index (χ1v) is 8.15. The normalized spacial score (nSPS) is 11.6. The number of hydrogen-bond acceptors (Lipinski definition) is 4. The minimum absolute atomic E-state index is 0.144. The van der Waals surface area contributed by atoms with Crippen molar-refractivity contribution in [1.82, 2.24) is 4.31 Å². The molecule has 0 aliphatic carbocycles. The molecule has 5 nitrogen and oxygen atoms in total. The molecule has 0 atom stereocenters. The summed E-state index contributed by atoms with van der Waals surface area (Å²) in [6.07, 6.45) is 0. The Hall–Kier alpha value is -1.70. The van der Waals surface area contributed by atoms with Crippen LogP contribution in [0.25, 0.3) is 0 Å². The van der Waals surface area contributed by atoms with E-state index in [1.54, 1.807) is 23.6 Å². The SMILES string of the molecule is CN(C)S(=O)(=O)c1cccc(NC(=O)c2ccsc2)c1. The molecule has 1 amide bonds. The molecular weight excluding hydrogens is 296 g/mol. The van der Waals surface area contributed by atoms with Crippen molar-refractivity contribution in [3.63, 3.8) is 0 Å². The number of nitrogens with zero attached hydrogens (tertiary/aromatic N) is 1. The zero-order valence-corrected chi connectivity index (χ0v) is 12.7. The van der Waals surface area contributed by atoms with E-state index in [-0.39, 0.29) is 10.8 Å². The van der Waals surface area contributed by atoms with Crippen LogP contribution in [0.1, 0.15) is 10.4 Å². The molecule has 0 bridgehead atoms. The van der Waals surface area contributed by atoms with Gasteiger partial charge in [-0.2, -0.15) is 11.3 Å². The van der Waals surface area contributed by atoms with Gasteiger partial charge < -0.3 is 5.32 Å². The van der Waals surface area contributed by atoms with Gasteiger partial charge in [-0.1, -0.05) is 6.07 Å². The van der Waals surface area contributed by atoms with E-state index in [4.69, 9.17) is 0 Å². The van der Waals surface area contributed by atoms with Gasteiger partial charge in [-0.05, 0) is 29.6 Å². The second kappa shape index (κ2) is 5.74. The molecular formula is C13H14N2O3S2. The van der Waals surface area contributed by atoms with Crippen LogP contribution in [-0.4, -0.2) is 32.7 Å². The Labute approximate surface area is 121 Å². The van der Waals surface area contributed by atoms with Crippen LogP contribution in [0, 0.1) is 0 Å². The van der Waals surface area contributed by atoms with Gasteiger partial charge in [0.05, 0.1) is 10.5 Å². The highest BCUT2D eigenvalue weighted by molar-refractivity contribution is 7.89. The third-order valence-corrected chi connectivity index (χ3v) is 5.15. The first-order chi connectivity index (χ1) is 9.41. The summed E-state index contributed by atoms with van der Waals surface area (Å²) in [5, 5.41) is 6.22. The van der Waals surface area contributed by atoms with Gasteiger partial charge in [0.25, 0.3) is 5.91 Å². The van der Waals surface area contributed by atoms with E-state index >= 15 is 0 Å². The van der Waals surface area contributed by atoms with Gasteiger partial charge in [0.15, 0.2) is 0 Å². The van der Waals surface area contributed by atoms with Crippen molar-refractivity contribution in [3.8, 4) is 0 Å². The summed E-state index contributed by atoms with van der Waals surface area (Å²) in [5.41, 5.74) is 1.000. The molecule has 1 N–H and O–H groups in total. The van der Waals surface area contributed by atoms with E-state index in [0.717, 1.165) is 4.31 Å². The number of nitrogens with one attached hydrogen (secondary N) is 1. The fourth-order valence-corrected chi connectivity index (χ4v) is 3.13. The van der Waals surface area contributed by atoms with E-state index in [0.29, 0.717) is 11.3 Å². The number of anilines is 1. The minimum Gasteiger partial charge on any atom is -0.322 e. The maximum Gasteiger partial charge on any atom is 0.256 e. The first-order valence-electron chi connectivity index (χ1n) is 5.77. The standard InChI is InChI=1S/C13H14N2O3S2/c1-15(2)20(17,18)12-5-3-4-11(8-12)14-13(16)10-6-7-19-9-10/h3-9H,1-2H3,(H,14,16). The highest BCUT2D eigenvalue weighted by Gasteiger charge is 2.17. The molecule has 0 fully saturated rings. The Kier molecular flexibility index (Phi) is 4.22. The van der Waals surface area contributed by atoms with Gasteiger partial charge in [-0.15, -0.1) is 0 Å². The summed E-state index contributed by atoms with van der Waals surface area (Å²) in [7, 11) is -0.576. The third-order valence-electron chi connectivity index (χ3n) is 2.65. The first kappa shape index (κ1) is 14.7. The molecule has 1 aromatic heterocycles. The predicted octanol–water partition coefficient (Wildman–Crippen LogP) is 2.25. The largest absolute Gasteiger partial charge is 0.322 e. The molecule has 1 aromatic carbocycles. The van der Waals surface area contributed by atoms with Crippen LogP contribution in [0.2, 0.25) is 0 Å². The molecule has 1 heterocycles. The highest BCUT2D eigenvalue weighted by atomic mass is 32.2. The van der Waals surface area contributed by atoms with Crippen molar-refractivity contribution < 1.29 is 13.2 Å². The van der Waals surface area contributed by atoms with Gasteiger partial charge in [0, 0.05) is 25.2 Å². The van der Waals surface area contributed by atoms with Crippen molar-refractivity contribution in [3.05, 3.63) is 46.7 Å². The Bertz CT molecular complexity index is 707. The van der Waals surface area contributed by atoms with Crippen molar-refractivity contribution in [2.24, 2.45) is 0 Å². The fourth-order valence-electron chi connectivity index (χ4n) is 1.54. The van der Waals surface area contributed by atoms with Gasteiger partial charge in [0.2, 0.25) is 10.0 Å². The number of rotatable bonds is 4. The summed E-state index contributed by atoms with van der Waals surface area (Å²) in [4.78, 5) is 12.0. The summed E-state index contributed by atoms with van der Waals surface area (Å²) >= 11 is 1.43. The zero-order chi connectivity index (χ0) is 14.8.